The van der Waals surface area contributed by atoms with E-state index in [-0.39, 0.29) is 11.9 Å². The van der Waals surface area contributed by atoms with Crippen molar-refractivity contribution >= 4 is 5.91 Å². The Morgan fingerprint density at radius 3 is 2.36 bits per heavy atom. The first-order chi connectivity index (χ1) is 12.2. The van der Waals surface area contributed by atoms with Crippen molar-refractivity contribution < 1.29 is 4.79 Å². The molecule has 1 heterocycles. The molecule has 1 N–H and O–H groups in total. The summed E-state index contributed by atoms with van der Waals surface area (Å²) in [6, 6.07) is 21.9. The third kappa shape index (κ3) is 3.97. The molecular weight excluding hydrogens is 310 g/mol. The first kappa shape index (κ1) is 17.0. The number of nitrogens with zero attached hydrogens (tertiary/aromatic N) is 2. The van der Waals surface area contributed by atoms with Crippen molar-refractivity contribution in [2.45, 2.75) is 32.9 Å². The molecular formula is C21H23N3O. The summed E-state index contributed by atoms with van der Waals surface area (Å²) in [6.45, 7) is 4.77. The van der Waals surface area contributed by atoms with Gasteiger partial charge < -0.3 is 4.90 Å². The van der Waals surface area contributed by atoms with Crippen molar-refractivity contribution in [3.63, 3.8) is 0 Å². The largest absolute Gasteiger partial charge is 0.330 e. The Balaban J connectivity index is 1.84. The normalized spacial score (nSPS) is 11.9. The van der Waals surface area contributed by atoms with Crippen LogP contribution in [0.4, 0.5) is 0 Å². The lowest BCUT2D eigenvalue weighted by Crippen LogP contribution is -2.38. The van der Waals surface area contributed by atoms with Crippen LogP contribution in [-0.2, 0) is 6.54 Å². The monoisotopic (exact) mass is 333 g/mol. The van der Waals surface area contributed by atoms with Crippen LogP contribution in [0, 0.1) is 0 Å². The molecule has 0 saturated carbocycles. The smallest absolute Gasteiger partial charge is 0.272 e. The predicted octanol–water partition coefficient (Wildman–Crippen LogP) is 4.52. The summed E-state index contributed by atoms with van der Waals surface area (Å²) in [4.78, 5) is 14.9. The Morgan fingerprint density at radius 2 is 1.72 bits per heavy atom. The average molecular weight is 333 g/mol. The highest BCUT2D eigenvalue weighted by molar-refractivity contribution is 5.93. The molecule has 0 bridgehead atoms. The van der Waals surface area contributed by atoms with E-state index in [1.54, 1.807) is 0 Å². The van der Waals surface area contributed by atoms with Gasteiger partial charge >= 0.3 is 0 Å². The maximum Gasteiger partial charge on any atom is 0.272 e. The molecule has 0 aliphatic heterocycles. The second-order valence-corrected chi connectivity index (χ2v) is 6.21. The molecule has 0 saturated heterocycles. The van der Waals surface area contributed by atoms with Gasteiger partial charge in [0.15, 0.2) is 0 Å². The van der Waals surface area contributed by atoms with Crippen LogP contribution < -0.4 is 0 Å². The van der Waals surface area contributed by atoms with Gasteiger partial charge in [-0.1, -0.05) is 67.6 Å². The molecule has 1 atom stereocenters. The molecule has 0 fully saturated rings. The molecule has 128 valence electrons. The Hall–Kier alpha value is -2.88. The highest BCUT2D eigenvalue weighted by Crippen LogP contribution is 2.20. The standard InChI is InChI=1S/C21H23N3O/c1-3-16(2)24(15-17-10-6-4-7-11-17)21(25)20-14-19(22-23-20)18-12-8-5-9-13-18/h4-14,16H,3,15H2,1-2H3,(H,22,23). The third-order valence-corrected chi connectivity index (χ3v) is 4.46. The summed E-state index contributed by atoms with van der Waals surface area (Å²) in [5, 5.41) is 7.22. The van der Waals surface area contributed by atoms with Gasteiger partial charge in [-0.15, -0.1) is 0 Å². The minimum atomic E-state index is -0.0205. The van der Waals surface area contributed by atoms with Crippen LogP contribution in [0.2, 0.25) is 0 Å². The van der Waals surface area contributed by atoms with E-state index in [2.05, 4.69) is 24.0 Å². The fourth-order valence-electron chi connectivity index (χ4n) is 2.77. The zero-order valence-electron chi connectivity index (χ0n) is 14.6. The number of carbonyl (C=O) groups is 1. The molecule has 2 aromatic carbocycles. The third-order valence-electron chi connectivity index (χ3n) is 4.46. The zero-order valence-corrected chi connectivity index (χ0v) is 14.6. The van der Waals surface area contributed by atoms with Crippen LogP contribution in [0.5, 0.6) is 0 Å². The minimum Gasteiger partial charge on any atom is -0.330 e. The summed E-state index contributed by atoms with van der Waals surface area (Å²) < 4.78 is 0. The van der Waals surface area contributed by atoms with Gasteiger partial charge in [-0.3, -0.25) is 9.89 Å². The van der Waals surface area contributed by atoms with Crippen LogP contribution in [0.15, 0.2) is 66.7 Å². The quantitative estimate of drug-likeness (QED) is 0.721. The Kier molecular flexibility index (Phi) is 5.29. The fraction of sp³-hybridized carbons (Fsp3) is 0.238. The molecule has 3 aromatic rings. The van der Waals surface area contributed by atoms with Crippen molar-refractivity contribution in [2.75, 3.05) is 0 Å². The number of hydrogen-bond donors (Lipinski definition) is 1. The van der Waals surface area contributed by atoms with Gasteiger partial charge in [0.2, 0.25) is 0 Å². The Bertz CT molecular complexity index is 811. The molecule has 3 rings (SSSR count). The molecule has 4 heteroatoms. The van der Waals surface area contributed by atoms with Crippen molar-refractivity contribution in [1.29, 1.82) is 0 Å². The van der Waals surface area contributed by atoms with E-state index in [9.17, 15) is 4.79 Å². The SMILES string of the molecule is CCC(C)N(Cc1ccccc1)C(=O)c1cc(-c2ccccc2)n[nH]1. The first-order valence-corrected chi connectivity index (χ1v) is 8.64. The number of rotatable bonds is 6. The highest BCUT2D eigenvalue weighted by atomic mass is 16.2. The van der Waals surface area contributed by atoms with Crippen LogP contribution in [0.25, 0.3) is 11.3 Å². The molecule has 0 spiro atoms. The van der Waals surface area contributed by atoms with E-state index in [0.29, 0.717) is 12.2 Å². The number of amides is 1. The molecule has 1 aromatic heterocycles. The lowest BCUT2D eigenvalue weighted by atomic mass is 10.1. The van der Waals surface area contributed by atoms with Crippen molar-refractivity contribution in [3.05, 3.63) is 78.0 Å². The van der Waals surface area contributed by atoms with Crippen LogP contribution in [0.1, 0.15) is 36.3 Å². The van der Waals surface area contributed by atoms with Gasteiger partial charge in [0, 0.05) is 18.2 Å². The predicted molar refractivity (Wildman–Crippen MR) is 100 cm³/mol. The van der Waals surface area contributed by atoms with Gasteiger partial charge in [-0.05, 0) is 25.0 Å². The number of aromatic nitrogens is 2. The van der Waals surface area contributed by atoms with Crippen molar-refractivity contribution in [2.24, 2.45) is 0 Å². The Labute approximate surface area is 148 Å². The van der Waals surface area contributed by atoms with Gasteiger partial charge in [0.05, 0.1) is 5.69 Å². The van der Waals surface area contributed by atoms with Crippen LogP contribution in [0.3, 0.4) is 0 Å². The van der Waals surface area contributed by atoms with E-state index < -0.39 is 0 Å². The summed E-state index contributed by atoms with van der Waals surface area (Å²) >= 11 is 0. The lowest BCUT2D eigenvalue weighted by Gasteiger charge is -2.28. The van der Waals surface area contributed by atoms with Gasteiger partial charge in [0.25, 0.3) is 5.91 Å². The van der Waals surface area contributed by atoms with E-state index in [0.717, 1.165) is 23.2 Å². The van der Waals surface area contributed by atoms with Gasteiger partial charge in [0.1, 0.15) is 5.69 Å². The van der Waals surface area contributed by atoms with Gasteiger partial charge in [-0.25, -0.2) is 0 Å². The fourth-order valence-corrected chi connectivity index (χ4v) is 2.77. The van der Waals surface area contributed by atoms with E-state index in [1.807, 2.05) is 71.6 Å². The first-order valence-electron chi connectivity index (χ1n) is 8.64. The summed E-state index contributed by atoms with van der Waals surface area (Å²) in [5.41, 5.74) is 3.43. The van der Waals surface area contributed by atoms with Crippen molar-refractivity contribution in [1.82, 2.24) is 15.1 Å². The topological polar surface area (TPSA) is 49.0 Å². The molecule has 0 aliphatic carbocycles. The molecule has 25 heavy (non-hydrogen) atoms. The molecule has 0 aliphatic rings. The number of benzene rings is 2. The second-order valence-electron chi connectivity index (χ2n) is 6.21. The number of H-pyrrole nitrogens is 1. The Morgan fingerprint density at radius 1 is 1.08 bits per heavy atom. The van der Waals surface area contributed by atoms with Crippen LogP contribution in [-0.4, -0.2) is 27.0 Å². The lowest BCUT2D eigenvalue weighted by molar-refractivity contribution is 0.0665. The number of carbonyl (C=O) groups excluding carboxylic acids is 1. The summed E-state index contributed by atoms with van der Waals surface area (Å²) in [5.74, 6) is -0.0205. The second kappa shape index (κ2) is 7.79. The molecule has 0 radical (unpaired) electrons. The van der Waals surface area contributed by atoms with E-state index in [4.69, 9.17) is 0 Å². The number of nitrogens with one attached hydrogen (secondary N) is 1. The minimum absolute atomic E-state index is 0.0205. The molecule has 4 nitrogen and oxygen atoms in total. The summed E-state index contributed by atoms with van der Waals surface area (Å²) in [7, 11) is 0. The zero-order chi connectivity index (χ0) is 17.6. The number of hydrogen-bond acceptors (Lipinski definition) is 2. The van der Waals surface area contributed by atoms with E-state index >= 15 is 0 Å². The maximum atomic E-state index is 13.0. The molecule has 1 amide bonds. The van der Waals surface area contributed by atoms with Gasteiger partial charge in [-0.2, -0.15) is 5.10 Å². The van der Waals surface area contributed by atoms with Crippen LogP contribution >= 0.6 is 0 Å². The number of aromatic amines is 1. The average Bonchev–Trinajstić information content (AvgIpc) is 3.17. The summed E-state index contributed by atoms with van der Waals surface area (Å²) in [6.07, 6.45) is 0.901. The molecule has 1 unspecified atom stereocenters. The van der Waals surface area contributed by atoms with Crippen molar-refractivity contribution in [3.8, 4) is 11.3 Å². The maximum absolute atomic E-state index is 13.0. The highest BCUT2D eigenvalue weighted by Gasteiger charge is 2.22. The van der Waals surface area contributed by atoms with E-state index in [1.165, 1.54) is 0 Å².